The molecule has 1 amide bonds. The van der Waals surface area contributed by atoms with Crippen LogP contribution in [0.4, 0.5) is 0 Å². The molecule has 1 atom stereocenters. The summed E-state index contributed by atoms with van der Waals surface area (Å²) in [5.41, 5.74) is 0. The van der Waals surface area contributed by atoms with Crippen molar-refractivity contribution in [1.82, 2.24) is 4.90 Å². The van der Waals surface area contributed by atoms with E-state index < -0.39 is 0 Å². The maximum absolute atomic E-state index is 11.0. The second kappa shape index (κ2) is 2.69. The van der Waals surface area contributed by atoms with E-state index in [4.69, 9.17) is 0 Å². The number of hydrogen-bond acceptors (Lipinski definition) is 1. The number of hydrogen-bond donors (Lipinski definition) is 0. The van der Waals surface area contributed by atoms with Gasteiger partial charge >= 0.3 is 0 Å². The number of rotatable bonds is 1. The Hall–Kier alpha value is -0.0500. The van der Waals surface area contributed by atoms with Gasteiger partial charge in [-0.05, 0) is 13.3 Å². The molecule has 9 heavy (non-hydrogen) atoms. The summed E-state index contributed by atoms with van der Waals surface area (Å²) >= 11 is 3.29. The number of amides is 1. The predicted molar refractivity (Wildman–Crippen MR) is 39.6 cm³/mol. The monoisotopic (exact) mass is 191 g/mol. The van der Waals surface area contributed by atoms with E-state index >= 15 is 0 Å². The number of likely N-dealkylation sites (tertiary alicyclic amines) is 1. The molecule has 1 heterocycles. The number of carbonyl (C=O) groups excluding carboxylic acids is 1. The average Bonchev–Trinajstić information content (AvgIpc) is 2.15. The second-order valence-corrected chi connectivity index (χ2v) is 3.28. The summed E-state index contributed by atoms with van der Waals surface area (Å²) in [6.07, 6.45) is 0.965. The minimum Gasteiger partial charge on any atom is -0.342 e. The third-order valence-electron chi connectivity index (χ3n) is 1.61. The van der Waals surface area contributed by atoms with Gasteiger partial charge in [-0.3, -0.25) is 4.79 Å². The molecule has 0 radical (unpaired) electrons. The topological polar surface area (TPSA) is 20.3 Å². The first-order chi connectivity index (χ1) is 4.25. The highest BCUT2D eigenvalue weighted by molar-refractivity contribution is 9.10. The molecule has 0 aliphatic carbocycles. The zero-order valence-electron chi connectivity index (χ0n) is 5.43. The van der Waals surface area contributed by atoms with Gasteiger partial charge in [0.25, 0.3) is 0 Å². The van der Waals surface area contributed by atoms with Crippen LogP contribution in [0.1, 0.15) is 13.3 Å². The standard InChI is InChI=1S/C6H10BrNO/c1-2-8-4-3-5(7)6(8)9/h5H,2-4H2,1H3/t5-/m0/s1. The quantitative estimate of drug-likeness (QED) is 0.567. The maximum Gasteiger partial charge on any atom is 0.236 e. The molecule has 52 valence electrons. The van der Waals surface area contributed by atoms with Crippen LogP contribution < -0.4 is 0 Å². The van der Waals surface area contributed by atoms with Gasteiger partial charge in [0, 0.05) is 13.1 Å². The summed E-state index contributed by atoms with van der Waals surface area (Å²) in [5.74, 6) is 0.248. The lowest BCUT2D eigenvalue weighted by Gasteiger charge is -2.10. The first-order valence-electron chi connectivity index (χ1n) is 3.18. The molecular formula is C6H10BrNO. The summed E-state index contributed by atoms with van der Waals surface area (Å²) in [6.45, 7) is 3.77. The van der Waals surface area contributed by atoms with E-state index in [2.05, 4.69) is 15.9 Å². The predicted octanol–water partition coefficient (Wildman–Crippen LogP) is 1.00. The van der Waals surface area contributed by atoms with E-state index in [0.29, 0.717) is 0 Å². The Morgan fingerprint density at radius 1 is 1.89 bits per heavy atom. The van der Waals surface area contributed by atoms with Gasteiger partial charge in [-0.15, -0.1) is 0 Å². The van der Waals surface area contributed by atoms with Crippen LogP contribution in [0.3, 0.4) is 0 Å². The fourth-order valence-electron chi connectivity index (χ4n) is 1.01. The van der Waals surface area contributed by atoms with E-state index in [1.54, 1.807) is 0 Å². The highest BCUT2D eigenvalue weighted by Crippen LogP contribution is 2.17. The Bertz CT molecular complexity index is 126. The van der Waals surface area contributed by atoms with Crippen molar-refractivity contribution in [3.05, 3.63) is 0 Å². The van der Waals surface area contributed by atoms with Crippen LogP contribution in [0, 0.1) is 0 Å². The minimum absolute atomic E-state index is 0.0949. The van der Waals surface area contributed by atoms with Crippen molar-refractivity contribution >= 4 is 21.8 Å². The largest absolute Gasteiger partial charge is 0.342 e. The second-order valence-electron chi connectivity index (χ2n) is 2.17. The molecule has 3 heteroatoms. The van der Waals surface area contributed by atoms with Gasteiger partial charge in [0.15, 0.2) is 0 Å². The van der Waals surface area contributed by atoms with Crippen molar-refractivity contribution in [2.45, 2.75) is 18.2 Å². The summed E-state index contributed by atoms with van der Waals surface area (Å²) in [5, 5.41) is 0. The SMILES string of the molecule is CCN1CC[C@H](Br)C1=O. The lowest BCUT2D eigenvalue weighted by molar-refractivity contribution is -0.126. The van der Waals surface area contributed by atoms with Crippen molar-refractivity contribution < 1.29 is 4.79 Å². The molecule has 0 bridgehead atoms. The molecule has 1 aliphatic rings. The van der Waals surface area contributed by atoms with Gasteiger partial charge in [-0.2, -0.15) is 0 Å². The molecule has 1 fully saturated rings. The van der Waals surface area contributed by atoms with E-state index in [0.717, 1.165) is 19.5 Å². The van der Waals surface area contributed by atoms with E-state index in [9.17, 15) is 4.79 Å². The lowest BCUT2D eigenvalue weighted by atomic mass is 10.4. The molecule has 0 aromatic heterocycles. The highest BCUT2D eigenvalue weighted by Gasteiger charge is 2.27. The van der Waals surface area contributed by atoms with Crippen LogP contribution >= 0.6 is 15.9 Å². The smallest absolute Gasteiger partial charge is 0.236 e. The molecule has 0 saturated carbocycles. The summed E-state index contributed by atoms with van der Waals surface area (Å²) in [6, 6.07) is 0. The molecule has 0 aromatic rings. The van der Waals surface area contributed by atoms with Crippen molar-refractivity contribution in [1.29, 1.82) is 0 Å². The van der Waals surface area contributed by atoms with Crippen LogP contribution in [-0.2, 0) is 4.79 Å². The van der Waals surface area contributed by atoms with Crippen LogP contribution in [0.15, 0.2) is 0 Å². The van der Waals surface area contributed by atoms with Crippen molar-refractivity contribution in [2.75, 3.05) is 13.1 Å². The third kappa shape index (κ3) is 1.26. The van der Waals surface area contributed by atoms with Gasteiger partial charge in [0.1, 0.15) is 0 Å². The van der Waals surface area contributed by atoms with E-state index in [1.165, 1.54) is 0 Å². The molecular weight excluding hydrogens is 182 g/mol. The van der Waals surface area contributed by atoms with Gasteiger partial charge in [-0.1, -0.05) is 15.9 Å². The third-order valence-corrected chi connectivity index (χ3v) is 2.46. The molecule has 1 aliphatic heterocycles. The highest BCUT2D eigenvalue weighted by atomic mass is 79.9. The van der Waals surface area contributed by atoms with Crippen LogP contribution in [0.25, 0.3) is 0 Å². The first kappa shape index (κ1) is 7.06. The van der Waals surface area contributed by atoms with Gasteiger partial charge in [-0.25, -0.2) is 0 Å². The Kier molecular flexibility index (Phi) is 2.11. The molecule has 0 aromatic carbocycles. The fraction of sp³-hybridized carbons (Fsp3) is 0.833. The van der Waals surface area contributed by atoms with Gasteiger partial charge in [0.05, 0.1) is 4.83 Å². The number of nitrogens with zero attached hydrogens (tertiary/aromatic N) is 1. The van der Waals surface area contributed by atoms with Gasteiger partial charge < -0.3 is 4.90 Å². The Morgan fingerprint density at radius 3 is 2.78 bits per heavy atom. The Morgan fingerprint density at radius 2 is 2.56 bits per heavy atom. The number of carbonyl (C=O) groups is 1. The molecule has 0 unspecified atom stereocenters. The average molecular weight is 192 g/mol. The molecule has 0 spiro atoms. The summed E-state index contributed by atoms with van der Waals surface area (Å²) < 4.78 is 0. The molecule has 2 nitrogen and oxygen atoms in total. The minimum atomic E-state index is 0.0949. The summed E-state index contributed by atoms with van der Waals surface area (Å²) in [4.78, 5) is 13.0. The zero-order valence-corrected chi connectivity index (χ0v) is 7.02. The van der Waals surface area contributed by atoms with E-state index in [-0.39, 0.29) is 10.7 Å². The van der Waals surface area contributed by atoms with Crippen LogP contribution in [-0.4, -0.2) is 28.7 Å². The summed E-state index contributed by atoms with van der Waals surface area (Å²) in [7, 11) is 0. The molecule has 0 N–H and O–H groups in total. The first-order valence-corrected chi connectivity index (χ1v) is 4.10. The number of halogens is 1. The lowest BCUT2D eigenvalue weighted by Crippen LogP contribution is -2.26. The van der Waals surface area contributed by atoms with Crippen LogP contribution in [0.5, 0.6) is 0 Å². The fourth-order valence-corrected chi connectivity index (χ4v) is 1.51. The number of alkyl halides is 1. The maximum atomic E-state index is 11.0. The van der Waals surface area contributed by atoms with E-state index in [1.807, 2.05) is 11.8 Å². The Labute approximate surface area is 63.3 Å². The van der Waals surface area contributed by atoms with Crippen molar-refractivity contribution in [3.8, 4) is 0 Å². The Balaban J connectivity index is 2.51. The van der Waals surface area contributed by atoms with Gasteiger partial charge in [0.2, 0.25) is 5.91 Å². The van der Waals surface area contributed by atoms with Crippen LogP contribution in [0.2, 0.25) is 0 Å². The molecule has 1 rings (SSSR count). The molecule has 1 saturated heterocycles. The normalized spacial score (nSPS) is 27.6. The zero-order chi connectivity index (χ0) is 6.85. The van der Waals surface area contributed by atoms with Crippen molar-refractivity contribution in [2.24, 2.45) is 0 Å². The van der Waals surface area contributed by atoms with Crippen molar-refractivity contribution in [3.63, 3.8) is 0 Å².